The second-order valence-electron chi connectivity index (χ2n) is 10.3. The molecule has 0 aromatic heterocycles. The van der Waals surface area contributed by atoms with Gasteiger partial charge >= 0.3 is 0 Å². The maximum Gasteiger partial charge on any atom is 0.235 e. The summed E-state index contributed by atoms with van der Waals surface area (Å²) in [6, 6.07) is 1.34. The highest BCUT2D eigenvalue weighted by Crippen LogP contribution is 2.50. The molecule has 3 aliphatic carbocycles. The number of nitrogens with one attached hydrogen (secondary N) is 1. The molecule has 0 aliphatic heterocycles. The Balaban J connectivity index is 1.81. The summed E-state index contributed by atoms with van der Waals surface area (Å²) in [6.45, 7) is 1.28. The van der Waals surface area contributed by atoms with E-state index in [-0.39, 0.29) is 30.7 Å². The van der Waals surface area contributed by atoms with E-state index >= 15 is 0 Å². The number of aromatic hydroxyl groups is 1. The number of alkyl halides is 1. The van der Waals surface area contributed by atoms with Crippen LogP contribution in [0.2, 0.25) is 0 Å². The Hall–Kier alpha value is -3.02. The van der Waals surface area contributed by atoms with Crippen molar-refractivity contribution in [3.05, 3.63) is 28.8 Å². The molecular formula is C25H30FN3O7. The molecule has 36 heavy (non-hydrogen) atoms. The van der Waals surface area contributed by atoms with Crippen LogP contribution in [0.4, 0.5) is 4.39 Å². The molecule has 1 aromatic carbocycles. The molecule has 2 saturated carbocycles. The lowest BCUT2D eigenvalue weighted by Gasteiger charge is -2.52. The lowest BCUT2D eigenvalue weighted by Crippen LogP contribution is -2.74. The Morgan fingerprint density at radius 1 is 1.25 bits per heavy atom. The van der Waals surface area contributed by atoms with Crippen LogP contribution in [-0.2, 0) is 32.1 Å². The molecule has 5 N–H and O–H groups in total. The fraction of sp³-hybridized carbons (Fsp3) is 0.560. The zero-order chi connectivity index (χ0) is 26.7. The number of Topliss-reactive ketones (excluding diaryl/α,β-unsaturated/α-hetero) is 4. The minimum atomic E-state index is -2.75. The number of hydrogen-bond donors (Lipinski definition) is 4. The second-order valence-corrected chi connectivity index (χ2v) is 10.3. The maximum atomic E-state index is 13.7. The molecule has 0 heterocycles. The number of halogens is 1. The SMILES string of the molecule is CC(CF)NCc1ccc(O)c2c1CC1CC3C(N(C)C)C(=O)C(C(N)=O)C(=O)C3(O)C(=O)C1C2=O. The third-order valence-electron chi connectivity index (χ3n) is 7.91. The summed E-state index contributed by atoms with van der Waals surface area (Å²) in [4.78, 5) is 67.1. The number of rotatable bonds is 6. The maximum absolute atomic E-state index is 13.7. The number of carbonyl (C=O) groups excluding carboxylic acids is 5. The highest BCUT2D eigenvalue weighted by Gasteiger charge is 2.69. The van der Waals surface area contributed by atoms with Crippen LogP contribution in [0.1, 0.15) is 34.8 Å². The summed E-state index contributed by atoms with van der Waals surface area (Å²) in [7, 11) is 3.06. The van der Waals surface area contributed by atoms with Crippen molar-refractivity contribution in [2.75, 3.05) is 20.8 Å². The lowest BCUT2D eigenvalue weighted by molar-refractivity contribution is -0.181. The largest absolute Gasteiger partial charge is 0.507 e. The quantitative estimate of drug-likeness (QED) is 0.368. The van der Waals surface area contributed by atoms with Gasteiger partial charge in [0.1, 0.15) is 12.4 Å². The van der Waals surface area contributed by atoms with Crippen LogP contribution < -0.4 is 11.1 Å². The van der Waals surface area contributed by atoms with Crippen molar-refractivity contribution in [1.29, 1.82) is 0 Å². The lowest BCUT2D eigenvalue weighted by atomic mass is 9.52. The van der Waals surface area contributed by atoms with Crippen molar-refractivity contribution in [2.24, 2.45) is 29.4 Å². The van der Waals surface area contributed by atoms with Gasteiger partial charge in [0.25, 0.3) is 0 Å². The van der Waals surface area contributed by atoms with E-state index in [2.05, 4.69) is 5.32 Å². The fourth-order valence-corrected chi connectivity index (χ4v) is 6.17. The van der Waals surface area contributed by atoms with E-state index in [0.717, 1.165) is 0 Å². The zero-order valence-corrected chi connectivity index (χ0v) is 20.3. The Labute approximate surface area is 207 Å². The van der Waals surface area contributed by atoms with E-state index in [1.54, 1.807) is 13.0 Å². The Morgan fingerprint density at radius 3 is 2.50 bits per heavy atom. The van der Waals surface area contributed by atoms with Crippen molar-refractivity contribution in [3.8, 4) is 5.75 Å². The van der Waals surface area contributed by atoms with Gasteiger partial charge in [0.15, 0.2) is 34.7 Å². The molecule has 2 fully saturated rings. The number of carbonyl (C=O) groups is 5. The topological polar surface area (TPSA) is 167 Å². The highest BCUT2D eigenvalue weighted by atomic mass is 19.1. The average molecular weight is 504 g/mol. The highest BCUT2D eigenvalue weighted by molar-refractivity contribution is 6.32. The van der Waals surface area contributed by atoms with Crippen molar-refractivity contribution in [3.63, 3.8) is 0 Å². The van der Waals surface area contributed by atoms with Gasteiger partial charge in [0, 0.05) is 18.5 Å². The van der Waals surface area contributed by atoms with Gasteiger partial charge in [-0.1, -0.05) is 6.07 Å². The number of ketones is 4. The molecule has 1 amide bonds. The molecule has 7 atom stereocenters. The molecule has 3 aliphatic rings. The summed E-state index contributed by atoms with van der Waals surface area (Å²) < 4.78 is 12.9. The summed E-state index contributed by atoms with van der Waals surface area (Å²) >= 11 is 0. The summed E-state index contributed by atoms with van der Waals surface area (Å²) in [5, 5.41) is 25.0. The molecule has 7 unspecified atom stereocenters. The van der Waals surface area contributed by atoms with Crippen LogP contribution in [0.15, 0.2) is 12.1 Å². The van der Waals surface area contributed by atoms with E-state index in [4.69, 9.17) is 5.73 Å². The predicted octanol–water partition coefficient (Wildman–Crippen LogP) is -0.685. The van der Waals surface area contributed by atoms with Crippen LogP contribution in [0.5, 0.6) is 5.75 Å². The molecule has 194 valence electrons. The van der Waals surface area contributed by atoms with Crippen LogP contribution >= 0.6 is 0 Å². The van der Waals surface area contributed by atoms with Gasteiger partial charge < -0.3 is 21.3 Å². The number of primary amides is 1. The number of phenolic OH excluding ortho intramolecular Hbond substituents is 1. The number of nitrogens with zero attached hydrogens (tertiary/aromatic N) is 1. The van der Waals surface area contributed by atoms with Gasteiger partial charge in [-0.05, 0) is 57.0 Å². The molecule has 0 saturated heterocycles. The first-order valence-corrected chi connectivity index (χ1v) is 11.8. The molecule has 1 aromatic rings. The summed E-state index contributed by atoms with van der Waals surface area (Å²) in [5.74, 6) is -10.8. The Kier molecular flexibility index (Phi) is 6.61. The van der Waals surface area contributed by atoms with Crippen molar-refractivity contribution >= 4 is 29.0 Å². The molecule has 0 radical (unpaired) electrons. The first kappa shape index (κ1) is 26.1. The molecule has 10 nitrogen and oxygen atoms in total. The standard InChI is InChI=1S/C25H30FN3O7/c1-10(8-26)28-9-11-4-5-15(30)17-13(11)6-12-7-14-19(29(2)3)21(32)18(24(27)35)23(34)25(14,36)22(33)16(12)20(17)31/h4-5,10,12,14,16,18-19,28,30,36H,6-9H2,1-3H3,(H2,27,35). The van der Waals surface area contributed by atoms with Gasteiger partial charge in [0.2, 0.25) is 5.91 Å². The Morgan fingerprint density at radius 2 is 1.92 bits per heavy atom. The van der Waals surface area contributed by atoms with Gasteiger partial charge in [-0.2, -0.15) is 0 Å². The second kappa shape index (κ2) is 9.13. The number of benzene rings is 1. The van der Waals surface area contributed by atoms with Gasteiger partial charge in [0.05, 0.1) is 17.5 Å². The molecule has 4 rings (SSSR count). The van der Waals surface area contributed by atoms with Crippen molar-refractivity contribution in [1.82, 2.24) is 10.2 Å². The third-order valence-corrected chi connectivity index (χ3v) is 7.91. The number of amides is 1. The molecule has 0 bridgehead atoms. The molecular weight excluding hydrogens is 473 g/mol. The molecule has 11 heteroatoms. The van der Waals surface area contributed by atoms with Crippen LogP contribution in [0.25, 0.3) is 0 Å². The first-order chi connectivity index (χ1) is 16.9. The molecule has 0 spiro atoms. The third kappa shape index (κ3) is 3.68. The number of aliphatic hydroxyl groups is 1. The van der Waals surface area contributed by atoms with E-state index in [1.807, 2.05) is 0 Å². The summed E-state index contributed by atoms with van der Waals surface area (Å²) in [6.07, 6.45) is 0.147. The van der Waals surface area contributed by atoms with E-state index in [1.165, 1.54) is 25.1 Å². The van der Waals surface area contributed by atoms with Gasteiger partial charge in [-0.3, -0.25) is 28.9 Å². The Bertz CT molecular complexity index is 1170. The minimum Gasteiger partial charge on any atom is -0.507 e. The number of fused-ring (bicyclic) bond motifs is 3. The first-order valence-electron chi connectivity index (χ1n) is 11.8. The number of phenols is 1. The number of nitrogens with two attached hydrogens (primary N) is 1. The van der Waals surface area contributed by atoms with Crippen LogP contribution in [0, 0.1) is 23.7 Å². The normalized spacial score (nSPS) is 32.7. The van der Waals surface area contributed by atoms with Gasteiger partial charge in [-0.15, -0.1) is 0 Å². The van der Waals surface area contributed by atoms with Crippen LogP contribution in [-0.4, -0.2) is 82.6 Å². The van der Waals surface area contributed by atoms with Crippen LogP contribution in [0.3, 0.4) is 0 Å². The van der Waals surface area contributed by atoms with E-state index < -0.39 is 77.1 Å². The number of hydrogen-bond acceptors (Lipinski definition) is 9. The van der Waals surface area contributed by atoms with Gasteiger partial charge in [-0.25, -0.2) is 4.39 Å². The van der Waals surface area contributed by atoms with Crippen molar-refractivity contribution < 1.29 is 38.6 Å². The minimum absolute atomic E-state index is 0.0205. The predicted molar refractivity (Wildman–Crippen MR) is 124 cm³/mol. The average Bonchev–Trinajstić information content (AvgIpc) is 2.80. The zero-order valence-electron chi connectivity index (χ0n) is 20.3. The fourth-order valence-electron chi connectivity index (χ4n) is 6.17. The van der Waals surface area contributed by atoms with Crippen molar-refractivity contribution in [2.45, 2.75) is 44.0 Å². The summed E-state index contributed by atoms with van der Waals surface area (Å²) in [5.41, 5.74) is 3.63. The monoisotopic (exact) mass is 503 g/mol. The van der Waals surface area contributed by atoms with E-state index in [0.29, 0.717) is 11.1 Å². The van der Waals surface area contributed by atoms with E-state index in [9.17, 15) is 38.6 Å². The smallest absolute Gasteiger partial charge is 0.235 e. The number of likely N-dealkylation sites (N-methyl/N-ethyl adjacent to an activating group) is 1.